The lowest BCUT2D eigenvalue weighted by molar-refractivity contribution is 0.674. The molecule has 0 amide bonds. The Morgan fingerprint density at radius 2 is 1.43 bits per heavy atom. The monoisotopic (exact) mass is 607 g/mol. The molecule has 0 saturated heterocycles. The normalized spacial score (nSPS) is 14.7. The van der Waals surface area contributed by atoms with Crippen LogP contribution in [0.4, 0.5) is 0 Å². The Morgan fingerprint density at radius 3 is 2.28 bits per heavy atom. The van der Waals surface area contributed by atoms with E-state index < -0.39 is 0 Å². The second-order valence-corrected chi connectivity index (χ2v) is 12.5. The van der Waals surface area contributed by atoms with Gasteiger partial charge in [-0.05, 0) is 54.1 Å². The van der Waals surface area contributed by atoms with Gasteiger partial charge in [-0.25, -0.2) is 9.98 Å². The maximum Gasteiger partial charge on any atom is 0.159 e. The lowest BCUT2D eigenvalue weighted by Gasteiger charge is -2.24. The van der Waals surface area contributed by atoms with Crippen LogP contribution in [0, 0.1) is 11.3 Å². The van der Waals surface area contributed by atoms with Gasteiger partial charge in [-0.15, -0.1) is 11.3 Å². The molecule has 5 nitrogen and oxygen atoms in total. The summed E-state index contributed by atoms with van der Waals surface area (Å²) < 4.78 is 4.98. The molecular formula is C40H25N5S. The number of nitrogens with one attached hydrogen (secondary N) is 1. The first kappa shape index (κ1) is 26.4. The largest absolute Gasteiger partial charge is 0.344 e. The van der Waals surface area contributed by atoms with E-state index in [0.717, 1.165) is 28.2 Å². The summed E-state index contributed by atoms with van der Waals surface area (Å²) in [5, 5.41) is 18.1. The van der Waals surface area contributed by atoms with Gasteiger partial charge in [0.1, 0.15) is 12.0 Å². The molecule has 1 unspecified atom stereocenters. The van der Waals surface area contributed by atoms with Crippen LogP contribution in [-0.2, 0) is 0 Å². The highest BCUT2D eigenvalue weighted by Gasteiger charge is 2.22. The van der Waals surface area contributed by atoms with Crippen molar-refractivity contribution in [3.05, 3.63) is 162 Å². The average Bonchev–Trinajstić information content (AvgIpc) is 3.68. The number of thiophene rings is 1. The summed E-state index contributed by atoms with van der Waals surface area (Å²) in [6.07, 6.45) is -0.380. The van der Waals surface area contributed by atoms with E-state index in [1.165, 1.54) is 42.0 Å². The number of hydrogen-bond donors (Lipinski definition) is 1. The number of nitrogens with zero attached hydrogens (tertiary/aromatic N) is 4. The van der Waals surface area contributed by atoms with Crippen molar-refractivity contribution in [1.82, 2.24) is 9.88 Å². The van der Waals surface area contributed by atoms with Crippen LogP contribution in [0.2, 0.25) is 0 Å². The molecule has 0 saturated carbocycles. The Hall–Kier alpha value is -6.03. The second-order valence-electron chi connectivity index (χ2n) is 11.4. The van der Waals surface area contributed by atoms with Crippen molar-refractivity contribution in [3.8, 4) is 11.8 Å². The zero-order valence-electron chi connectivity index (χ0n) is 24.6. The van der Waals surface area contributed by atoms with Crippen LogP contribution in [0.15, 0.2) is 150 Å². The first-order chi connectivity index (χ1) is 22.7. The maximum atomic E-state index is 9.52. The quantitative estimate of drug-likeness (QED) is 0.217. The molecule has 1 atom stereocenters. The lowest BCUT2D eigenvalue weighted by Crippen LogP contribution is -2.33. The molecule has 0 fully saturated rings. The SMILES string of the molecule is N#Cc1cccc(C2N=C(c3ccc(-n4c5ccccc5c5ccc6c7ccccc7sc6c54)cc3)N=C(c3ccccc3)N2)c1. The van der Waals surface area contributed by atoms with Gasteiger partial charge in [0.05, 0.1) is 27.4 Å². The van der Waals surface area contributed by atoms with Crippen LogP contribution < -0.4 is 5.32 Å². The summed E-state index contributed by atoms with van der Waals surface area (Å²) >= 11 is 1.86. The van der Waals surface area contributed by atoms with Crippen molar-refractivity contribution < 1.29 is 0 Å². The highest BCUT2D eigenvalue weighted by molar-refractivity contribution is 7.26. The van der Waals surface area contributed by atoms with Crippen molar-refractivity contribution >= 4 is 65.0 Å². The number of nitriles is 1. The van der Waals surface area contributed by atoms with E-state index in [2.05, 4.69) is 101 Å². The van der Waals surface area contributed by atoms with Crippen molar-refractivity contribution in [3.63, 3.8) is 0 Å². The van der Waals surface area contributed by atoms with Gasteiger partial charge in [0.25, 0.3) is 0 Å². The number of amidine groups is 2. The smallest absolute Gasteiger partial charge is 0.159 e. The molecular weight excluding hydrogens is 583 g/mol. The Kier molecular flexibility index (Phi) is 6.05. The standard InChI is InChI=1S/C40H25N5S/c41-24-25-9-8-12-28(23-25)40-43-38(26-10-2-1-3-11-26)42-39(44-40)27-17-19-29(20-18-27)45-34-15-6-4-13-30(34)32-21-22-33-31-14-5-7-16-35(31)46-37(33)36(32)45/h1-23,40H,(H,42,43,44). The van der Waals surface area contributed by atoms with Gasteiger partial charge in [-0.3, -0.25) is 0 Å². The van der Waals surface area contributed by atoms with Gasteiger partial charge in [0, 0.05) is 43.1 Å². The Balaban J connectivity index is 1.20. The number of aromatic nitrogens is 1. The fraction of sp³-hybridized carbons (Fsp3) is 0.0250. The maximum absolute atomic E-state index is 9.52. The number of para-hydroxylation sites is 1. The zero-order chi connectivity index (χ0) is 30.6. The Bertz CT molecular complexity index is 2570. The van der Waals surface area contributed by atoms with Crippen LogP contribution in [0.1, 0.15) is 28.4 Å². The predicted molar refractivity (Wildman–Crippen MR) is 190 cm³/mol. The third-order valence-electron chi connectivity index (χ3n) is 8.68. The van der Waals surface area contributed by atoms with Gasteiger partial charge < -0.3 is 9.88 Å². The van der Waals surface area contributed by atoms with Crippen LogP contribution in [0.25, 0.3) is 47.7 Å². The Labute approximate surface area is 269 Å². The van der Waals surface area contributed by atoms with Crippen molar-refractivity contribution in [2.45, 2.75) is 6.17 Å². The van der Waals surface area contributed by atoms with Gasteiger partial charge in [-0.2, -0.15) is 5.26 Å². The third-order valence-corrected chi connectivity index (χ3v) is 9.88. The van der Waals surface area contributed by atoms with E-state index in [-0.39, 0.29) is 6.17 Å². The summed E-state index contributed by atoms with van der Waals surface area (Å²) in [7, 11) is 0. The first-order valence-corrected chi connectivity index (χ1v) is 16.0. The minimum absolute atomic E-state index is 0.380. The highest BCUT2D eigenvalue weighted by atomic mass is 32.1. The summed E-state index contributed by atoms with van der Waals surface area (Å²) in [6, 6.07) is 50.3. The summed E-state index contributed by atoms with van der Waals surface area (Å²) in [5.41, 5.74) is 6.90. The zero-order valence-corrected chi connectivity index (χ0v) is 25.4. The summed E-state index contributed by atoms with van der Waals surface area (Å²) in [5.74, 6) is 1.39. The van der Waals surface area contributed by atoms with E-state index in [0.29, 0.717) is 11.4 Å². The van der Waals surface area contributed by atoms with Crippen molar-refractivity contribution in [1.29, 1.82) is 5.26 Å². The lowest BCUT2D eigenvalue weighted by atomic mass is 10.1. The number of hydrogen-bond acceptors (Lipinski definition) is 5. The number of fused-ring (bicyclic) bond motifs is 7. The molecule has 1 N–H and O–H groups in total. The minimum Gasteiger partial charge on any atom is -0.344 e. The third kappa shape index (κ3) is 4.21. The molecule has 216 valence electrons. The first-order valence-electron chi connectivity index (χ1n) is 15.2. The molecule has 0 radical (unpaired) electrons. The molecule has 1 aliphatic heterocycles. The molecule has 6 heteroatoms. The van der Waals surface area contributed by atoms with Crippen LogP contribution >= 0.6 is 11.3 Å². The Morgan fingerprint density at radius 1 is 0.674 bits per heavy atom. The highest BCUT2D eigenvalue weighted by Crippen LogP contribution is 2.42. The van der Waals surface area contributed by atoms with Crippen LogP contribution in [-0.4, -0.2) is 16.2 Å². The molecule has 6 aromatic carbocycles. The van der Waals surface area contributed by atoms with E-state index >= 15 is 0 Å². The van der Waals surface area contributed by atoms with Gasteiger partial charge in [-0.1, -0.05) is 91.0 Å². The molecule has 1 aliphatic rings. The van der Waals surface area contributed by atoms with E-state index in [9.17, 15) is 5.26 Å². The molecule has 46 heavy (non-hydrogen) atoms. The van der Waals surface area contributed by atoms with Crippen LogP contribution in [0.3, 0.4) is 0 Å². The van der Waals surface area contributed by atoms with E-state index in [1.54, 1.807) is 0 Å². The minimum atomic E-state index is -0.380. The predicted octanol–water partition coefficient (Wildman–Crippen LogP) is 9.52. The molecule has 0 aliphatic carbocycles. The fourth-order valence-corrected chi connectivity index (χ4v) is 7.77. The number of aliphatic imine (C=N–C) groups is 2. The summed E-state index contributed by atoms with van der Waals surface area (Å²) in [4.78, 5) is 10.0. The van der Waals surface area contributed by atoms with Crippen molar-refractivity contribution in [2.75, 3.05) is 0 Å². The average molecular weight is 608 g/mol. The van der Waals surface area contributed by atoms with E-state index in [4.69, 9.17) is 9.98 Å². The fourth-order valence-electron chi connectivity index (χ4n) is 6.53. The molecule has 8 aromatic rings. The molecule has 2 aromatic heterocycles. The molecule has 0 spiro atoms. The molecule has 0 bridgehead atoms. The van der Waals surface area contributed by atoms with E-state index in [1.807, 2.05) is 65.9 Å². The molecule has 9 rings (SSSR count). The van der Waals surface area contributed by atoms with Gasteiger partial charge in [0.15, 0.2) is 5.84 Å². The molecule has 3 heterocycles. The number of benzene rings is 6. The second kappa shape index (κ2) is 10.6. The van der Waals surface area contributed by atoms with Gasteiger partial charge >= 0.3 is 0 Å². The number of rotatable bonds is 4. The topological polar surface area (TPSA) is 65.5 Å². The van der Waals surface area contributed by atoms with Crippen molar-refractivity contribution in [2.24, 2.45) is 9.98 Å². The van der Waals surface area contributed by atoms with Gasteiger partial charge in [0.2, 0.25) is 0 Å². The van der Waals surface area contributed by atoms with Crippen LogP contribution in [0.5, 0.6) is 0 Å². The summed E-state index contributed by atoms with van der Waals surface area (Å²) in [6.45, 7) is 0.